The normalized spacial score (nSPS) is 20.0. The third kappa shape index (κ3) is 7.81. The molecule has 2 fully saturated rings. The summed E-state index contributed by atoms with van der Waals surface area (Å²) >= 11 is 5.85. The summed E-state index contributed by atoms with van der Waals surface area (Å²) in [6.07, 6.45) is 8.49. The van der Waals surface area contributed by atoms with Crippen molar-refractivity contribution in [3.63, 3.8) is 0 Å². The minimum Gasteiger partial charge on any atom is -0.408 e. The largest absolute Gasteiger partial charge is 0.408 e. The van der Waals surface area contributed by atoms with Crippen molar-refractivity contribution in [3.8, 4) is 0 Å². The summed E-state index contributed by atoms with van der Waals surface area (Å²) in [6, 6.07) is 0. The number of piperazine rings is 1. The molecule has 0 atom stereocenters. The predicted molar refractivity (Wildman–Crippen MR) is 148 cm³/mol. The molecule has 0 aromatic heterocycles. The molecule has 3 aliphatic rings. The summed E-state index contributed by atoms with van der Waals surface area (Å²) in [5, 5.41) is 3.97. The van der Waals surface area contributed by atoms with Crippen molar-refractivity contribution in [1.82, 2.24) is 24.8 Å². The monoisotopic (exact) mass is 538 g/mol. The van der Waals surface area contributed by atoms with E-state index in [0.29, 0.717) is 11.5 Å². The summed E-state index contributed by atoms with van der Waals surface area (Å²) in [7, 11) is 0. The lowest BCUT2D eigenvalue weighted by atomic mass is 10.1. The van der Waals surface area contributed by atoms with Crippen LogP contribution in [0.5, 0.6) is 0 Å². The number of thiocarbonyl (C=S) groups is 1. The number of nitrogens with one attached hydrogen (secondary N) is 2. The molecule has 0 bridgehead atoms. The number of unbranched alkanes of at least 4 members (excludes halogenated alkanes) is 1. The van der Waals surface area contributed by atoms with Gasteiger partial charge in [0.25, 0.3) is 6.43 Å². The van der Waals surface area contributed by atoms with Gasteiger partial charge in [-0.05, 0) is 33.1 Å². The average molecular weight is 539 g/mol. The van der Waals surface area contributed by atoms with Crippen LogP contribution in [0.2, 0.25) is 0 Å². The van der Waals surface area contributed by atoms with Crippen LogP contribution in [-0.4, -0.2) is 64.0 Å². The second-order valence-electron chi connectivity index (χ2n) is 9.37. The lowest BCUT2D eigenvalue weighted by Gasteiger charge is -2.41. The lowest BCUT2D eigenvalue weighted by Crippen LogP contribution is -2.46. The van der Waals surface area contributed by atoms with Gasteiger partial charge in [-0.3, -0.25) is 5.43 Å². The SMILES string of the molecule is C=C(C)N1CCN(C2=CC(OSNC3(C)CC3)=CN(C(=C\CCC)/C=N/NC(=S)C(F)F)C2=C)CC1. The zero-order valence-corrected chi connectivity index (χ0v) is 22.9. The van der Waals surface area contributed by atoms with Crippen molar-refractivity contribution in [2.24, 2.45) is 5.10 Å². The third-order valence-electron chi connectivity index (χ3n) is 6.20. The molecule has 2 aliphatic heterocycles. The smallest absolute Gasteiger partial charge is 0.289 e. The van der Waals surface area contributed by atoms with Gasteiger partial charge in [0.2, 0.25) is 0 Å². The molecule has 0 aromatic carbocycles. The molecule has 0 spiro atoms. The van der Waals surface area contributed by atoms with Crippen LogP contribution >= 0.6 is 24.4 Å². The third-order valence-corrected chi connectivity index (χ3v) is 7.32. The minimum atomic E-state index is -2.77. The van der Waals surface area contributed by atoms with E-state index in [1.165, 1.54) is 18.4 Å². The van der Waals surface area contributed by atoms with Crippen molar-refractivity contribution >= 4 is 35.6 Å². The summed E-state index contributed by atoms with van der Waals surface area (Å²) < 4.78 is 35.0. The quantitative estimate of drug-likeness (QED) is 0.115. The number of hydrazone groups is 1. The first-order chi connectivity index (χ1) is 17.1. The molecule has 3 rings (SSSR count). The molecule has 1 saturated carbocycles. The van der Waals surface area contributed by atoms with Crippen LogP contribution in [0, 0.1) is 0 Å². The zero-order chi connectivity index (χ0) is 26.3. The molecule has 0 unspecified atom stereocenters. The van der Waals surface area contributed by atoms with E-state index >= 15 is 0 Å². The molecule has 0 radical (unpaired) electrons. The van der Waals surface area contributed by atoms with Gasteiger partial charge in [0, 0.05) is 43.5 Å². The van der Waals surface area contributed by atoms with Crippen molar-refractivity contribution in [2.75, 3.05) is 26.2 Å². The molecule has 198 valence electrons. The minimum absolute atomic E-state index is 0.113. The van der Waals surface area contributed by atoms with E-state index in [2.05, 4.69) is 64.3 Å². The number of alkyl halides is 2. The summed E-state index contributed by atoms with van der Waals surface area (Å²) in [4.78, 5) is 5.82. The number of allylic oxidation sites excluding steroid dienone is 4. The standard InChI is InChI=1S/C25H36F2N6OS2/c1-6-7-8-20(16-28-29-24(35)23(26)27)33-17-21(34-36-30-25(5)9-10-25)15-22(19(33)4)32-13-11-31(12-14-32)18(2)3/h8,15-17,23,30H,2,4,6-7,9-14H2,1,3,5H3,(H,29,35)/b20-8-,28-16+. The Balaban J connectivity index is 1.83. The van der Waals surface area contributed by atoms with E-state index in [0.717, 1.165) is 69.0 Å². The molecule has 2 N–H and O–H groups in total. The zero-order valence-electron chi connectivity index (χ0n) is 21.2. The molecule has 11 heteroatoms. The fourth-order valence-corrected chi connectivity index (χ4v) is 4.33. The van der Waals surface area contributed by atoms with Crippen molar-refractivity contribution in [1.29, 1.82) is 0 Å². The van der Waals surface area contributed by atoms with Crippen LogP contribution in [0.1, 0.15) is 46.5 Å². The second kappa shape index (κ2) is 12.7. The van der Waals surface area contributed by atoms with Crippen LogP contribution in [-0.2, 0) is 4.18 Å². The van der Waals surface area contributed by atoms with Crippen LogP contribution in [0.3, 0.4) is 0 Å². The Morgan fingerprint density at radius 3 is 2.61 bits per heavy atom. The highest BCUT2D eigenvalue weighted by Gasteiger charge is 2.37. The average Bonchev–Trinajstić information content (AvgIpc) is 3.59. The van der Waals surface area contributed by atoms with Crippen LogP contribution in [0.15, 0.2) is 65.2 Å². The van der Waals surface area contributed by atoms with Gasteiger partial charge in [-0.2, -0.15) is 5.10 Å². The summed E-state index contributed by atoms with van der Waals surface area (Å²) in [6.45, 7) is 18.0. The van der Waals surface area contributed by atoms with Crippen molar-refractivity contribution in [3.05, 3.63) is 60.1 Å². The number of nitrogens with zero attached hydrogens (tertiary/aromatic N) is 4. The maximum Gasteiger partial charge on any atom is 0.289 e. The number of hydrogen-bond donors (Lipinski definition) is 2. The highest BCUT2D eigenvalue weighted by molar-refractivity contribution is 7.92. The molecule has 2 heterocycles. The van der Waals surface area contributed by atoms with Gasteiger partial charge in [-0.25, -0.2) is 13.5 Å². The topological polar surface area (TPSA) is 55.4 Å². The van der Waals surface area contributed by atoms with Gasteiger partial charge in [0.05, 0.1) is 29.5 Å². The molecule has 36 heavy (non-hydrogen) atoms. The number of rotatable bonds is 12. The van der Waals surface area contributed by atoms with Gasteiger partial charge in [0.1, 0.15) is 12.2 Å². The summed E-state index contributed by atoms with van der Waals surface area (Å²) in [5.41, 5.74) is 5.81. The maximum absolute atomic E-state index is 12.8. The lowest BCUT2D eigenvalue weighted by molar-refractivity contribution is 0.190. The Labute approximate surface area is 223 Å². The van der Waals surface area contributed by atoms with Crippen LogP contribution in [0.25, 0.3) is 0 Å². The van der Waals surface area contributed by atoms with E-state index in [1.54, 1.807) is 0 Å². The van der Waals surface area contributed by atoms with E-state index in [1.807, 2.05) is 30.2 Å². The van der Waals surface area contributed by atoms with E-state index in [-0.39, 0.29) is 5.54 Å². The first-order valence-electron chi connectivity index (χ1n) is 12.1. The summed E-state index contributed by atoms with van der Waals surface area (Å²) in [5.74, 6) is 0.647. The van der Waals surface area contributed by atoms with Gasteiger partial charge < -0.3 is 18.9 Å². The molecular formula is C25H36F2N6OS2. The Kier molecular flexibility index (Phi) is 9.98. The molecule has 0 amide bonds. The Morgan fingerprint density at radius 1 is 1.33 bits per heavy atom. The molecule has 1 saturated heterocycles. The fourth-order valence-electron chi connectivity index (χ4n) is 3.64. The highest BCUT2D eigenvalue weighted by Crippen LogP contribution is 2.37. The van der Waals surface area contributed by atoms with Crippen LogP contribution < -0.4 is 10.1 Å². The molecule has 0 aromatic rings. The van der Waals surface area contributed by atoms with Gasteiger partial charge >= 0.3 is 0 Å². The first-order valence-corrected chi connectivity index (χ1v) is 13.3. The van der Waals surface area contributed by atoms with Crippen molar-refractivity contribution < 1.29 is 13.0 Å². The maximum atomic E-state index is 12.8. The highest BCUT2D eigenvalue weighted by atomic mass is 32.2. The first kappa shape index (κ1) is 28.2. The van der Waals surface area contributed by atoms with E-state index in [9.17, 15) is 8.78 Å². The predicted octanol–water partition coefficient (Wildman–Crippen LogP) is 5.27. The molecular weight excluding hydrogens is 502 g/mol. The van der Waals surface area contributed by atoms with Crippen molar-refractivity contribution in [2.45, 2.75) is 58.4 Å². The Hall–Kier alpha value is -2.37. The van der Waals surface area contributed by atoms with Gasteiger partial charge in [-0.15, -0.1) is 0 Å². The fraction of sp³-hybridized carbons (Fsp3) is 0.520. The Bertz CT molecular complexity index is 966. The van der Waals surface area contributed by atoms with E-state index in [4.69, 9.17) is 4.18 Å². The molecule has 7 nitrogen and oxygen atoms in total. The number of hydrogen-bond acceptors (Lipinski definition) is 8. The second-order valence-corrected chi connectivity index (χ2v) is 10.3. The van der Waals surface area contributed by atoms with Crippen LogP contribution in [0.4, 0.5) is 8.78 Å². The van der Waals surface area contributed by atoms with E-state index < -0.39 is 11.4 Å². The van der Waals surface area contributed by atoms with Gasteiger partial charge in [0.15, 0.2) is 10.7 Å². The molecule has 1 aliphatic carbocycles. The van der Waals surface area contributed by atoms with Gasteiger partial charge in [-0.1, -0.05) is 44.8 Å². The Morgan fingerprint density at radius 2 is 2.03 bits per heavy atom. The number of halogens is 2.